The first-order chi connectivity index (χ1) is 15.3. The van der Waals surface area contributed by atoms with Crippen molar-refractivity contribution in [1.29, 1.82) is 0 Å². The van der Waals surface area contributed by atoms with Crippen LogP contribution in [-0.4, -0.2) is 86.3 Å². The Kier molecular flexibility index (Phi) is 9.70. The summed E-state index contributed by atoms with van der Waals surface area (Å²) in [5, 5.41) is 23.6. The van der Waals surface area contributed by atoms with E-state index in [0.29, 0.717) is 17.9 Å². The molecule has 0 aromatic heterocycles. The lowest BCUT2D eigenvalue weighted by Crippen LogP contribution is -2.44. The molecule has 0 saturated carbocycles. The average molecular weight is 507 g/mol. The number of nitrogens with one attached hydrogen (secondary N) is 4. The molecule has 2 amide bonds. The molecule has 0 aliphatic carbocycles. The van der Waals surface area contributed by atoms with E-state index in [0.717, 1.165) is 0 Å². The molecule has 2 aliphatic heterocycles. The fourth-order valence-electron chi connectivity index (χ4n) is 4.03. The first-order valence-corrected chi connectivity index (χ1v) is 13.2. The number of aliphatic carboxylic acids is 1. The van der Waals surface area contributed by atoms with Gasteiger partial charge in [0.25, 0.3) is 10.2 Å². The van der Waals surface area contributed by atoms with Crippen LogP contribution in [0.25, 0.3) is 0 Å². The van der Waals surface area contributed by atoms with Crippen LogP contribution < -0.4 is 25.8 Å². The molecule has 2 aliphatic rings. The molecule has 1 saturated heterocycles. The van der Waals surface area contributed by atoms with E-state index in [1.54, 1.807) is 14.0 Å². The molecular formula is C19H34N6O6S2. The van der Waals surface area contributed by atoms with Crippen molar-refractivity contribution in [3.63, 3.8) is 0 Å². The highest BCUT2D eigenvalue weighted by atomic mass is 32.2. The van der Waals surface area contributed by atoms with Crippen molar-refractivity contribution in [2.45, 2.75) is 57.0 Å². The van der Waals surface area contributed by atoms with E-state index in [9.17, 15) is 27.9 Å². The van der Waals surface area contributed by atoms with E-state index in [-0.39, 0.29) is 60.3 Å². The van der Waals surface area contributed by atoms with Crippen molar-refractivity contribution in [3.05, 3.63) is 10.6 Å². The molecule has 1 fully saturated rings. The largest absolute Gasteiger partial charge is 0.477 e. The van der Waals surface area contributed by atoms with Crippen molar-refractivity contribution in [2.75, 3.05) is 26.7 Å². The van der Waals surface area contributed by atoms with Crippen LogP contribution in [0.5, 0.6) is 0 Å². The highest BCUT2D eigenvalue weighted by molar-refractivity contribution is 8.03. The van der Waals surface area contributed by atoms with Gasteiger partial charge in [-0.2, -0.15) is 8.42 Å². The summed E-state index contributed by atoms with van der Waals surface area (Å²) in [6.45, 7) is 6.25. The third kappa shape index (κ3) is 7.65. The van der Waals surface area contributed by atoms with Gasteiger partial charge in [0.05, 0.1) is 6.54 Å². The first-order valence-electron chi connectivity index (χ1n) is 10.7. The van der Waals surface area contributed by atoms with Crippen LogP contribution in [0.1, 0.15) is 33.6 Å². The minimum Gasteiger partial charge on any atom is -0.477 e. The molecule has 0 unspecified atom stereocenters. The maximum Gasteiger partial charge on any atom is 0.353 e. The number of likely N-dealkylation sites (N-methyl/N-ethyl adjacent to an activating group) is 1. The number of rotatable bonds is 11. The zero-order chi connectivity index (χ0) is 24.9. The molecule has 188 valence electrons. The fraction of sp³-hybridized carbons (Fsp3) is 0.737. The number of hydrogen-bond acceptors (Lipinski definition) is 8. The van der Waals surface area contributed by atoms with Gasteiger partial charge in [-0.25, -0.2) is 14.7 Å². The van der Waals surface area contributed by atoms with Crippen LogP contribution in [-0.2, 0) is 24.6 Å². The number of carbonyl (C=O) groups excluding carboxylic acids is 2. The monoisotopic (exact) mass is 506 g/mol. The van der Waals surface area contributed by atoms with Gasteiger partial charge in [0.1, 0.15) is 5.70 Å². The van der Waals surface area contributed by atoms with Gasteiger partial charge in [0.15, 0.2) is 0 Å². The minimum atomic E-state index is -3.78. The summed E-state index contributed by atoms with van der Waals surface area (Å²) in [4.78, 5) is 38.9. The number of carboxylic acids is 1. The van der Waals surface area contributed by atoms with Crippen LogP contribution >= 0.6 is 11.8 Å². The van der Waals surface area contributed by atoms with Gasteiger partial charge in [-0.15, -0.1) is 11.8 Å². The number of hydrogen-bond donors (Lipinski definition) is 6. The number of amides is 2. The number of nitrogens with zero attached hydrogens (tertiary/aromatic N) is 1. The molecule has 7 N–H and O–H groups in total. The van der Waals surface area contributed by atoms with E-state index in [1.807, 2.05) is 13.8 Å². The summed E-state index contributed by atoms with van der Waals surface area (Å²) in [6, 6.07) is -0.914. The zero-order valence-corrected chi connectivity index (χ0v) is 20.9. The molecule has 0 aromatic rings. The van der Waals surface area contributed by atoms with Gasteiger partial charge < -0.3 is 26.0 Å². The van der Waals surface area contributed by atoms with Gasteiger partial charge in [-0.1, -0.05) is 6.92 Å². The predicted molar refractivity (Wildman–Crippen MR) is 125 cm³/mol. The molecule has 0 aromatic carbocycles. The Hall–Kier alpha value is -1.71. The van der Waals surface area contributed by atoms with E-state index < -0.39 is 22.2 Å². The van der Waals surface area contributed by atoms with E-state index in [1.165, 1.54) is 16.7 Å². The average Bonchev–Trinajstić information content (AvgIpc) is 3.23. The highest BCUT2D eigenvalue weighted by Gasteiger charge is 2.43. The molecule has 0 bridgehead atoms. The third-order valence-corrected chi connectivity index (χ3v) is 7.80. The molecule has 33 heavy (non-hydrogen) atoms. The van der Waals surface area contributed by atoms with Gasteiger partial charge >= 0.3 is 5.97 Å². The Labute approximate surface area is 198 Å². The van der Waals surface area contributed by atoms with Crippen molar-refractivity contribution < 1.29 is 27.9 Å². The predicted octanol–water partition coefficient (Wildman–Crippen LogP) is -1.48. The van der Waals surface area contributed by atoms with Gasteiger partial charge in [0.2, 0.25) is 11.8 Å². The smallest absolute Gasteiger partial charge is 0.353 e. The number of nitrogens with two attached hydrogens (primary N) is 1. The lowest BCUT2D eigenvalue weighted by atomic mass is 10.1. The summed E-state index contributed by atoms with van der Waals surface area (Å²) in [6.07, 6.45) is 0.598. The molecule has 2 heterocycles. The lowest BCUT2D eigenvalue weighted by Gasteiger charge is -2.26. The summed E-state index contributed by atoms with van der Waals surface area (Å²) in [5.41, 5.74) is -0.0233. The Morgan fingerprint density at radius 2 is 2.00 bits per heavy atom. The SMILES string of the molecule is CNCC(=O)N[C@H](C)CC(=O)N1C(C(=O)O)=C(S[C@@H]2CN[C@H](CNS(N)(=O)=O)C2)[C@H](C)[C@@H]1C. The molecule has 14 heteroatoms. The second-order valence-corrected chi connectivity index (χ2v) is 11.2. The maximum atomic E-state index is 13.0. The van der Waals surface area contributed by atoms with Crippen LogP contribution in [0.2, 0.25) is 0 Å². The summed E-state index contributed by atoms with van der Waals surface area (Å²) in [5.74, 6) is -1.96. The molecule has 12 nitrogen and oxygen atoms in total. The lowest BCUT2D eigenvalue weighted by molar-refractivity contribution is -0.140. The van der Waals surface area contributed by atoms with Crippen molar-refractivity contribution in [3.8, 4) is 0 Å². The number of carboxylic acid groups (broad SMARTS) is 1. The molecule has 5 atom stereocenters. The summed E-state index contributed by atoms with van der Waals surface area (Å²) in [7, 11) is -2.14. The number of thioether (sulfide) groups is 1. The second kappa shape index (κ2) is 11.6. The normalized spacial score (nSPS) is 26.5. The molecule has 2 rings (SSSR count). The number of carbonyl (C=O) groups is 3. The Bertz CT molecular complexity index is 895. The molecular weight excluding hydrogens is 472 g/mol. The van der Waals surface area contributed by atoms with Crippen molar-refractivity contribution >= 4 is 39.8 Å². The van der Waals surface area contributed by atoms with Crippen molar-refractivity contribution in [2.24, 2.45) is 11.1 Å². The second-order valence-electron chi connectivity index (χ2n) is 8.49. The van der Waals surface area contributed by atoms with Crippen LogP contribution in [0.4, 0.5) is 0 Å². The zero-order valence-electron chi connectivity index (χ0n) is 19.3. The topological polar surface area (TPSA) is 183 Å². The Morgan fingerprint density at radius 1 is 1.33 bits per heavy atom. The van der Waals surface area contributed by atoms with E-state index >= 15 is 0 Å². The van der Waals surface area contributed by atoms with Gasteiger partial charge in [-0.3, -0.25) is 9.59 Å². The Balaban J connectivity index is 2.10. The van der Waals surface area contributed by atoms with Gasteiger partial charge in [0, 0.05) is 53.7 Å². The fourth-order valence-corrected chi connectivity index (χ4v) is 6.04. The van der Waals surface area contributed by atoms with Crippen molar-refractivity contribution in [1.82, 2.24) is 25.6 Å². The van der Waals surface area contributed by atoms with E-state index in [2.05, 4.69) is 20.7 Å². The minimum absolute atomic E-state index is 0.0195. The maximum absolute atomic E-state index is 13.0. The third-order valence-electron chi connectivity index (χ3n) is 5.72. The van der Waals surface area contributed by atoms with Crippen LogP contribution in [0.15, 0.2) is 10.6 Å². The first kappa shape index (κ1) is 27.5. The Morgan fingerprint density at radius 3 is 2.58 bits per heavy atom. The quantitative estimate of drug-likeness (QED) is 0.195. The standard InChI is InChI=1S/C19H34N6O6S2/c1-10(24-15(26)9-21-4)5-16(27)25-12(3)11(2)18(17(25)19(28)29)32-14-6-13(22-8-14)7-23-33(20,30)31/h10-14,21-23H,5-9H2,1-4H3,(H,24,26)(H,28,29)(H2,20,30,31)/t10-,11-,12+,13+,14+/m1/s1. The van der Waals surface area contributed by atoms with Gasteiger partial charge in [-0.05, 0) is 27.3 Å². The summed E-state index contributed by atoms with van der Waals surface area (Å²) < 4.78 is 24.5. The van der Waals surface area contributed by atoms with Crippen LogP contribution in [0.3, 0.4) is 0 Å². The van der Waals surface area contributed by atoms with E-state index in [4.69, 9.17) is 5.14 Å². The summed E-state index contributed by atoms with van der Waals surface area (Å²) >= 11 is 1.41. The highest BCUT2D eigenvalue weighted by Crippen LogP contribution is 2.44. The van der Waals surface area contributed by atoms with Crippen LogP contribution in [0, 0.1) is 5.92 Å². The molecule has 0 spiro atoms. The molecule has 0 radical (unpaired) electrons.